The summed E-state index contributed by atoms with van der Waals surface area (Å²) in [7, 11) is 0. The SMILES string of the molecule is CC(C)[C@H](Nc1ncccn1)C(=O)C1CCC[C@H]1c1ncc(-c2ccc(-c3ccc(-c4cnc(C5CCCC5)[nH]4)cc3)cc2)[nH]1. The zero-order valence-electron chi connectivity index (χ0n) is 26.0. The van der Waals surface area contributed by atoms with Crippen LogP contribution in [-0.2, 0) is 4.79 Å². The quantitative estimate of drug-likeness (QED) is 0.149. The highest BCUT2D eigenvalue weighted by atomic mass is 16.1. The van der Waals surface area contributed by atoms with Gasteiger partial charge in [-0.3, -0.25) is 4.79 Å². The largest absolute Gasteiger partial charge is 0.344 e. The molecule has 8 heteroatoms. The van der Waals surface area contributed by atoms with E-state index in [1.165, 1.54) is 31.2 Å². The van der Waals surface area contributed by atoms with Gasteiger partial charge >= 0.3 is 0 Å². The van der Waals surface area contributed by atoms with Crippen LogP contribution in [0.25, 0.3) is 33.6 Å². The Kier molecular flexibility index (Phi) is 8.29. The minimum Gasteiger partial charge on any atom is -0.344 e. The fourth-order valence-electron chi connectivity index (χ4n) is 7.18. The highest BCUT2D eigenvalue weighted by molar-refractivity contribution is 5.89. The third kappa shape index (κ3) is 6.19. The first kappa shape index (κ1) is 29.1. The predicted molar refractivity (Wildman–Crippen MR) is 178 cm³/mol. The summed E-state index contributed by atoms with van der Waals surface area (Å²) in [4.78, 5) is 39.0. The van der Waals surface area contributed by atoms with E-state index in [9.17, 15) is 4.79 Å². The normalized spacial score (nSPS) is 19.3. The van der Waals surface area contributed by atoms with Crippen LogP contribution in [-0.4, -0.2) is 41.7 Å². The van der Waals surface area contributed by atoms with Crippen LogP contribution in [0, 0.1) is 11.8 Å². The molecule has 8 nitrogen and oxygen atoms in total. The second-order valence-corrected chi connectivity index (χ2v) is 13.0. The summed E-state index contributed by atoms with van der Waals surface area (Å²) in [6.45, 7) is 4.13. The molecule has 0 saturated heterocycles. The van der Waals surface area contributed by atoms with Gasteiger partial charge in [0.2, 0.25) is 5.95 Å². The number of carbonyl (C=O) groups is 1. The van der Waals surface area contributed by atoms with Crippen LogP contribution < -0.4 is 5.32 Å². The first-order valence-corrected chi connectivity index (χ1v) is 16.4. The minimum atomic E-state index is -0.345. The van der Waals surface area contributed by atoms with Crippen LogP contribution in [0.2, 0.25) is 0 Å². The minimum absolute atomic E-state index is 0.0768. The molecule has 3 heterocycles. The van der Waals surface area contributed by atoms with Gasteiger partial charge in [0.05, 0.1) is 29.8 Å². The van der Waals surface area contributed by atoms with E-state index in [4.69, 9.17) is 4.98 Å². The van der Waals surface area contributed by atoms with Gasteiger partial charge in [-0.15, -0.1) is 0 Å². The number of hydrogen-bond donors (Lipinski definition) is 3. The zero-order chi connectivity index (χ0) is 30.8. The first-order valence-electron chi connectivity index (χ1n) is 16.4. The van der Waals surface area contributed by atoms with Crippen LogP contribution >= 0.6 is 0 Å². The molecular weight excluding hydrogens is 558 g/mol. The maximum absolute atomic E-state index is 13.8. The molecule has 0 bridgehead atoms. The Labute approximate surface area is 264 Å². The summed E-state index contributed by atoms with van der Waals surface area (Å²) in [5.74, 6) is 3.42. The number of ketones is 1. The second kappa shape index (κ2) is 12.8. The highest BCUT2D eigenvalue weighted by Gasteiger charge is 2.40. The molecule has 2 aromatic carbocycles. The van der Waals surface area contributed by atoms with Crippen molar-refractivity contribution < 1.29 is 4.79 Å². The number of Topliss-reactive ketones (excluding diaryl/α,β-unsaturated/α-hetero) is 1. The van der Waals surface area contributed by atoms with Gasteiger partial charge in [0.15, 0.2) is 5.78 Å². The van der Waals surface area contributed by atoms with Crippen LogP contribution in [0.5, 0.6) is 0 Å². The molecule has 0 spiro atoms. The van der Waals surface area contributed by atoms with E-state index in [0.717, 1.165) is 59.0 Å². The van der Waals surface area contributed by atoms with Gasteiger partial charge in [-0.2, -0.15) is 0 Å². The van der Waals surface area contributed by atoms with Crippen molar-refractivity contribution in [1.82, 2.24) is 29.9 Å². The molecule has 7 rings (SSSR count). The molecule has 230 valence electrons. The average molecular weight is 600 g/mol. The number of carbonyl (C=O) groups excluding carboxylic acids is 1. The van der Waals surface area contributed by atoms with Crippen LogP contribution in [0.15, 0.2) is 79.4 Å². The molecule has 0 radical (unpaired) electrons. The summed E-state index contributed by atoms with van der Waals surface area (Å²) in [6.07, 6.45) is 15.2. The number of aromatic amines is 2. The van der Waals surface area contributed by atoms with Crippen molar-refractivity contribution in [3.63, 3.8) is 0 Å². The Bertz CT molecular complexity index is 1720. The van der Waals surface area contributed by atoms with Gasteiger partial charge in [-0.05, 0) is 59.9 Å². The molecule has 2 aliphatic rings. The van der Waals surface area contributed by atoms with Crippen LogP contribution in [0.3, 0.4) is 0 Å². The number of imidazole rings is 2. The van der Waals surface area contributed by atoms with E-state index >= 15 is 0 Å². The maximum atomic E-state index is 13.8. The van der Waals surface area contributed by atoms with Crippen LogP contribution in [0.1, 0.15) is 82.3 Å². The fraction of sp³-hybridized carbons (Fsp3) is 0.378. The van der Waals surface area contributed by atoms with E-state index in [2.05, 4.69) is 92.6 Å². The summed E-state index contributed by atoms with van der Waals surface area (Å²) < 4.78 is 0. The summed E-state index contributed by atoms with van der Waals surface area (Å²) in [6, 6.07) is 18.7. The molecule has 2 fully saturated rings. The van der Waals surface area contributed by atoms with E-state index < -0.39 is 0 Å². The van der Waals surface area contributed by atoms with Gasteiger partial charge in [0.25, 0.3) is 0 Å². The van der Waals surface area contributed by atoms with Crippen molar-refractivity contribution in [2.24, 2.45) is 11.8 Å². The third-order valence-corrected chi connectivity index (χ3v) is 9.71. The topological polar surface area (TPSA) is 112 Å². The predicted octanol–water partition coefficient (Wildman–Crippen LogP) is 8.17. The number of aromatic nitrogens is 6. The smallest absolute Gasteiger partial charge is 0.223 e. The second-order valence-electron chi connectivity index (χ2n) is 13.0. The maximum Gasteiger partial charge on any atom is 0.223 e. The van der Waals surface area contributed by atoms with Gasteiger partial charge in [0, 0.05) is 30.1 Å². The van der Waals surface area contributed by atoms with Crippen LogP contribution in [0.4, 0.5) is 5.95 Å². The molecule has 3 aromatic heterocycles. The molecule has 5 aromatic rings. The first-order chi connectivity index (χ1) is 22.0. The van der Waals surface area contributed by atoms with E-state index in [1.807, 2.05) is 12.4 Å². The Morgan fingerprint density at radius 1 is 0.711 bits per heavy atom. The molecule has 45 heavy (non-hydrogen) atoms. The van der Waals surface area contributed by atoms with Crippen molar-refractivity contribution in [1.29, 1.82) is 0 Å². The van der Waals surface area contributed by atoms with Gasteiger partial charge < -0.3 is 15.3 Å². The molecule has 0 aliphatic heterocycles. The monoisotopic (exact) mass is 599 g/mol. The number of nitrogens with zero attached hydrogens (tertiary/aromatic N) is 4. The number of hydrogen-bond acceptors (Lipinski definition) is 6. The summed E-state index contributed by atoms with van der Waals surface area (Å²) in [5, 5.41) is 3.29. The molecule has 3 N–H and O–H groups in total. The Morgan fingerprint density at radius 2 is 1.27 bits per heavy atom. The van der Waals surface area contributed by atoms with Gasteiger partial charge in [0.1, 0.15) is 11.6 Å². The molecule has 0 amide bonds. The standard InChI is InChI=1S/C37H41N7O/c1-23(2)33(44-37-38-19-6-20-39-37)34(45)29-9-5-10-30(29)36-41-22-32(43-36)27-17-13-25(14-18-27)24-11-15-26(16-12-24)31-21-40-35(42-31)28-7-3-4-8-28/h6,11-23,28-30,33H,3-5,7-10H2,1-2H3,(H,40,42)(H,41,43)(H,38,39,44)/t29?,30-,33+/m1/s1. The molecule has 2 saturated carbocycles. The fourth-order valence-corrected chi connectivity index (χ4v) is 7.18. The Morgan fingerprint density at radius 3 is 1.87 bits per heavy atom. The molecule has 2 aliphatic carbocycles. The van der Waals surface area contributed by atoms with Crippen molar-refractivity contribution >= 4 is 11.7 Å². The number of rotatable bonds is 10. The number of nitrogens with one attached hydrogen (secondary N) is 3. The highest BCUT2D eigenvalue weighted by Crippen LogP contribution is 2.41. The lowest BCUT2D eigenvalue weighted by Crippen LogP contribution is -2.40. The molecular formula is C37H41N7O. The Balaban J connectivity index is 1.03. The van der Waals surface area contributed by atoms with Crippen molar-refractivity contribution in [2.45, 2.75) is 76.7 Å². The average Bonchev–Trinajstić information content (AvgIpc) is 3.91. The summed E-state index contributed by atoms with van der Waals surface area (Å²) >= 11 is 0. The van der Waals surface area contributed by atoms with E-state index in [-0.39, 0.29) is 29.6 Å². The lowest BCUT2D eigenvalue weighted by atomic mass is 9.84. The third-order valence-electron chi connectivity index (χ3n) is 9.71. The molecule has 1 unspecified atom stereocenters. The molecule has 3 atom stereocenters. The van der Waals surface area contributed by atoms with Gasteiger partial charge in [-0.25, -0.2) is 19.9 Å². The van der Waals surface area contributed by atoms with Crippen molar-refractivity contribution in [3.8, 4) is 33.6 Å². The van der Waals surface area contributed by atoms with Crippen molar-refractivity contribution in [2.75, 3.05) is 5.32 Å². The number of anilines is 1. The lowest BCUT2D eigenvalue weighted by Gasteiger charge is -2.26. The summed E-state index contributed by atoms with van der Waals surface area (Å²) in [5.41, 5.74) is 6.63. The van der Waals surface area contributed by atoms with E-state index in [0.29, 0.717) is 11.9 Å². The van der Waals surface area contributed by atoms with Crippen molar-refractivity contribution in [3.05, 3.63) is 91.0 Å². The van der Waals surface area contributed by atoms with E-state index in [1.54, 1.807) is 18.5 Å². The lowest BCUT2D eigenvalue weighted by molar-refractivity contribution is -0.124. The zero-order valence-corrected chi connectivity index (χ0v) is 26.0. The number of H-pyrrole nitrogens is 2. The van der Waals surface area contributed by atoms with Gasteiger partial charge in [-0.1, -0.05) is 81.6 Å². The Hall–Kier alpha value is -4.59. The number of benzene rings is 2.